The minimum atomic E-state index is 0.678. The van der Waals surface area contributed by atoms with Gasteiger partial charge in [-0.2, -0.15) is 0 Å². The molecule has 1 N–H and O–H groups in total. The van der Waals surface area contributed by atoms with Crippen molar-refractivity contribution in [2.24, 2.45) is 0 Å². The number of hydrogen-bond acceptors (Lipinski definition) is 4. The molecule has 1 aliphatic carbocycles. The summed E-state index contributed by atoms with van der Waals surface area (Å²) in [4.78, 5) is 8.00. The summed E-state index contributed by atoms with van der Waals surface area (Å²) in [5.74, 6) is 0. The third-order valence-corrected chi connectivity index (χ3v) is 3.79. The third-order valence-electron chi connectivity index (χ3n) is 3.01. The number of hydrogen-bond donors (Lipinski definition) is 1. The molecule has 1 heterocycles. The summed E-state index contributed by atoms with van der Waals surface area (Å²) in [5, 5.41) is 3.48. The zero-order valence-corrected chi connectivity index (χ0v) is 11.0. The topological polar surface area (TPSA) is 28.2 Å². The molecule has 0 saturated heterocycles. The highest BCUT2D eigenvalue weighted by atomic mass is 32.1. The minimum absolute atomic E-state index is 0.678. The van der Waals surface area contributed by atoms with Crippen LogP contribution in [0.2, 0.25) is 0 Å². The molecule has 3 nitrogen and oxygen atoms in total. The van der Waals surface area contributed by atoms with Gasteiger partial charge in [-0.25, -0.2) is 0 Å². The molecule has 1 aromatic heterocycles. The fourth-order valence-electron chi connectivity index (χ4n) is 2.02. The zero-order chi connectivity index (χ0) is 11.4. The van der Waals surface area contributed by atoms with Crippen LogP contribution < -0.4 is 5.32 Å². The van der Waals surface area contributed by atoms with Gasteiger partial charge in [-0.05, 0) is 26.7 Å². The van der Waals surface area contributed by atoms with Gasteiger partial charge in [-0.1, -0.05) is 0 Å². The van der Waals surface area contributed by atoms with Gasteiger partial charge in [-0.15, -0.1) is 11.3 Å². The largest absolute Gasteiger partial charge is 0.311 e. The summed E-state index contributed by atoms with van der Waals surface area (Å²) < 4.78 is 0. The summed E-state index contributed by atoms with van der Waals surface area (Å²) >= 11 is 1.72. The molecule has 0 aliphatic heterocycles. The van der Waals surface area contributed by atoms with Crippen molar-refractivity contribution in [3.8, 4) is 0 Å². The van der Waals surface area contributed by atoms with Gasteiger partial charge in [0.05, 0.1) is 5.51 Å². The van der Waals surface area contributed by atoms with Gasteiger partial charge in [0.1, 0.15) is 0 Å². The lowest BCUT2D eigenvalue weighted by Crippen LogP contribution is -2.38. The van der Waals surface area contributed by atoms with Crippen molar-refractivity contribution in [1.29, 1.82) is 0 Å². The molecule has 0 radical (unpaired) electrons. The molecule has 1 aromatic rings. The second-order valence-electron chi connectivity index (χ2n) is 4.71. The summed E-state index contributed by atoms with van der Waals surface area (Å²) in [6.07, 6.45) is 4.73. The van der Waals surface area contributed by atoms with Gasteiger partial charge in [0.25, 0.3) is 0 Å². The molecule has 1 fully saturated rings. The standard InChI is InChI=1S/C12H21N3S/c1-10(2)15(11-3-4-11)6-5-13-7-12-8-14-9-16-12/h8-11,13H,3-7H2,1-2H3. The summed E-state index contributed by atoms with van der Waals surface area (Å²) in [6.45, 7) is 7.79. The number of aromatic nitrogens is 1. The molecule has 0 amide bonds. The lowest BCUT2D eigenvalue weighted by Gasteiger charge is -2.26. The predicted molar refractivity (Wildman–Crippen MR) is 68.7 cm³/mol. The first kappa shape index (κ1) is 12.0. The van der Waals surface area contributed by atoms with Gasteiger partial charge in [-0.3, -0.25) is 9.88 Å². The van der Waals surface area contributed by atoms with E-state index in [1.807, 2.05) is 11.7 Å². The summed E-state index contributed by atoms with van der Waals surface area (Å²) in [5.41, 5.74) is 1.89. The normalized spacial score (nSPS) is 16.2. The van der Waals surface area contributed by atoms with Crippen molar-refractivity contribution < 1.29 is 0 Å². The molecule has 0 unspecified atom stereocenters. The summed E-state index contributed by atoms with van der Waals surface area (Å²) in [6, 6.07) is 1.54. The lowest BCUT2D eigenvalue weighted by atomic mass is 10.3. The van der Waals surface area contributed by atoms with E-state index in [0.29, 0.717) is 6.04 Å². The van der Waals surface area contributed by atoms with E-state index in [2.05, 4.69) is 29.0 Å². The Morgan fingerprint density at radius 1 is 1.56 bits per heavy atom. The molecule has 0 aromatic carbocycles. The number of thiazole rings is 1. The monoisotopic (exact) mass is 239 g/mol. The van der Waals surface area contributed by atoms with Crippen LogP contribution >= 0.6 is 11.3 Å². The molecule has 0 spiro atoms. The minimum Gasteiger partial charge on any atom is -0.311 e. The van der Waals surface area contributed by atoms with Crippen molar-refractivity contribution in [3.05, 3.63) is 16.6 Å². The van der Waals surface area contributed by atoms with Gasteiger partial charge in [0, 0.05) is 42.8 Å². The van der Waals surface area contributed by atoms with Crippen molar-refractivity contribution in [1.82, 2.24) is 15.2 Å². The second-order valence-corrected chi connectivity index (χ2v) is 5.68. The molecule has 0 atom stereocenters. The van der Waals surface area contributed by atoms with Crippen LogP contribution in [0.5, 0.6) is 0 Å². The van der Waals surface area contributed by atoms with Gasteiger partial charge >= 0.3 is 0 Å². The maximum absolute atomic E-state index is 4.07. The van der Waals surface area contributed by atoms with Crippen molar-refractivity contribution in [2.75, 3.05) is 13.1 Å². The first-order valence-corrected chi connectivity index (χ1v) is 6.99. The third kappa shape index (κ3) is 3.54. The fourth-order valence-corrected chi connectivity index (χ4v) is 2.58. The van der Waals surface area contributed by atoms with Crippen LogP contribution in [0.15, 0.2) is 11.7 Å². The van der Waals surface area contributed by atoms with E-state index < -0.39 is 0 Å². The fraction of sp³-hybridized carbons (Fsp3) is 0.750. The van der Waals surface area contributed by atoms with Crippen LogP contribution in [0, 0.1) is 0 Å². The summed E-state index contributed by atoms with van der Waals surface area (Å²) in [7, 11) is 0. The predicted octanol–water partition coefficient (Wildman–Crippen LogP) is 2.11. The molecule has 1 saturated carbocycles. The Bertz CT molecular complexity index is 291. The van der Waals surface area contributed by atoms with Gasteiger partial charge in [0.2, 0.25) is 0 Å². The molecule has 2 rings (SSSR count). The molecule has 16 heavy (non-hydrogen) atoms. The first-order chi connectivity index (χ1) is 7.77. The molecular formula is C12H21N3S. The van der Waals surface area contributed by atoms with Crippen molar-refractivity contribution >= 4 is 11.3 Å². The van der Waals surface area contributed by atoms with E-state index in [9.17, 15) is 0 Å². The average Bonchev–Trinajstić information content (AvgIpc) is 2.94. The van der Waals surface area contributed by atoms with Crippen LogP contribution in [0.3, 0.4) is 0 Å². The molecule has 4 heteroatoms. The Morgan fingerprint density at radius 2 is 2.38 bits per heavy atom. The van der Waals surface area contributed by atoms with Crippen LogP contribution in [0.25, 0.3) is 0 Å². The van der Waals surface area contributed by atoms with E-state index in [4.69, 9.17) is 0 Å². The maximum Gasteiger partial charge on any atom is 0.0794 e. The smallest absolute Gasteiger partial charge is 0.0794 e. The maximum atomic E-state index is 4.07. The number of nitrogens with zero attached hydrogens (tertiary/aromatic N) is 2. The van der Waals surface area contributed by atoms with Gasteiger partial charge < -0.3 is 5.32 Å². The van der Waals surface area contributed by atoms with Crippen LogP contribution in [-0.4, -0.2) is 35.1 Å². The van der Waals surface area contributed by atoms with Crippen molar-refractivity contribution in [3.63, 3.8) is 0 Å². The van der Waals surface area contributed by atoms with Crippen molar-refractivity contribution in [2.45, 2.75) is 45.3 Å². The molecule has 1 aliphatic rings. The van der Waals surface area contributed by atoms with Crippen LogP contribution in [0.4, 0.5) is 0 Å². The molecular weight excluding hydrogens is 218 g/mol. The van der Waals surface area contributed by atoms with Gasteiger partial charge in [0.15, 0.2) is 0 Å². The second kappa shape index (κ2) is 5.75. The van der Waals surface area contributed by atoms with E-state index in [1.54, 1.807) is 11.3 Å². The SMILES string of the molecule is CC(C)N(CCNCc1cncs1)C1CC1. The van der Waals surface area contributed by atoms with Crippen LogP contribution in [-0.2, 0) is 6.54 Å². The van der Waals surface area contributed by atoms with Crippen LogP contribution in [0.1, 0.15) is 31.6 Å². The number of rotatable bonds is 7. The average molecular weight is 239 g/mol. The highest BCUT2D eigenvalue weighted by molar-refractivity contribution is 7.09. The Hall–Kier alpha value is -0.450. The highest BCUT2D eigenvalue weighted by Crippen LogP contribution is 2.27. The Balaban J connectivity index is 1.63. The zero-order valence-electron chi connectivity index (χ0n) is 10.1. The Morgan fingerprint density at radius 3 is 2.94 bits per heavy atom. The highest BCUT2D eigenvalue weighted by Gasteiger charge is 2.29. The van der Waals surface area contributed by atoms with E-state index in [-0.39, 0.29) is 0 Å². The Kier molecular flexibility index (Phi) is 4.32. The van der Waals surface area contributed by atoms with E-state index in [0.717, 1.165) is 19.1 Å². The van der Waals surface area contributed by atoms with E-state index >= 15 is 0 Å². The Labute approximate surface area is 102 Å². The number of nitrogens with one attached hydrogen (secondary N) is 1. The molecule has 90 valence electrons. The first-order valence-electron chi connectivity index (χ1n) is 6.11. The lowest BCUT2D eigenvalue weighted by molar-refractivity contribution is 0.211. The molecule has 0 bridgehead atoms. The quantitative estimate of drug-likeness (QED) is 0.739. The van der Waals surface area contributed by atoms with E-state index in [1.165, 1.54) is 24.3 Å².